The Bertz CT molecular complexity index is 1190. The average molecular weight is 517 g/mol. The summed E-state index contributed by atoms with van der Waals surface area (Å²) in [6.45, 7) is 5.12. The molecule has 0 saturated heterocycles. The predicted molar refractivity (Wildman–Crippen MR) is 135 cm³/mol. The Morgan fingerprint density at radius 3 is 2.38 bits per heavy atom. The Morgan fingerprint density at radius 1 is 1.09 bits per heavy atom. The SMILES string of the molecule is Cc1cc(C)c2sc(N(CCN(C)C)C(=O)CCS(=O)(=O)c3ccc(Cl)cc3)nc2c1.Cl. The van der Waals surface area contributed by atoms with Crippen LogP contribution in [-0.4, -0.2) is 57.1 Å². The van der Waals surface area contributed by atoms with Crippen molar-refractivity contribution in [3.63, 3.8) is 0 Å². The van der Waals surface area contributed by atoms with Crippen molar-refractivity contribution in [2.45, 2.75) is 25.2 Å². The second-order valence-electron chi connectivity index (χ2n) is 7.80. The molecule has 32 heavy (non-hydrogen) atoms. The van der Waals surface area contributed by atoms with Crippen molar-refractivity contribution in [2.24, 2.45) is 0 Å². The fourth-order valence-electron chi connectivity index (χ4n) is 3.22. The molecule has 0 aliphatic heterocycles. The van der Waals surface area contributed by atoms with Crippen molar-refractivity contribution in [1.29, 1.82) is 0 Å². The number of nitrogens with zero attached hydrogens (tertiary/aromatic N) is 3. The number of likely N-dealkylation sites (N-methyl/N-ethyl adjacent to an activating group) is 1. The number of aryl methyl sites for hydroxylation is 2. The fourth-order valence-corrected chi connectivity index (χ4v) is 5.64. The molecule has 3 aromatic rings. The molecule has 0 saturated carbocycles. The van der Waals surface area contributed by atoms with Gasteiger partial charge in [0.2, 0.25) is 5.91 Å². The molecule has 0 fully saturated rings. The van der Waals surface area contributed by atoms with E-state index in [1.807, 2.05) is 38.9 Å². The molecule has 0 unspecified atom stereocenters. The molecule has 0 N–H and O–H groups in total. The number of benzene rings is 2. The van der Waals surface area contributed by atoms with Gasteiger partial charge in [-0.2, -0.15) is 0 Å². The number of fused-ring (bicyclic) bond motifs is 1. The van der Waals surface area contributed by atoms with E-state index in [0.29, 0.717) is 23.2 Å². The molecule has 0 radical (unpaired) electrons. The number of halogens is 2. The lowest BCUT2D eigenvalue weighted by Gasteiger charge is -2.22. The van der Waals surface area contributed by atoms with Crippen LogP contribution < -0.4 is 4.90 Å². The van der Waals surface area contributed by atoms with Crippen molar-refractivity contribution in [3.05, 3.63) is 52.5 Å². The topological polar surface area (TPSA) is 70.6 Å². The minimum Gasteiger partial charge on any atom is -0.308 e. The highest BCUT2D eigenvalue weighted by molar-refractivity contribution is 7.91. The van der Waals surface area contributed by atoms with Gasteiger partial charge in [0.1, 0.15) is 0 Å². The molecule has 6 nitrogen and oxygen atoms in total. The molecule has 10 heteroatoms. The summed E-state index contributed by atoms with van der Waals surface area (Å²) in [5, 5.41) is 1.06. The van der Waals surface area contributed by atoms with Gasteiger partial charge in [0.05, 0.1) is 20.9 Å². The number of amides is 1. The van der Waals surface area contributed by atoms with Crippen LogP contribution in [0, 0.1) is 13.8 Å². The van der Waals surface area contributed by atoms with Crippen molar-refractivity contribution >= 4 is 66.4 Å². The first-order valence-electron chi connectivity index (χ1n) is 9.88. The van der Waals surface area contributed by atoms with Crippen molar-refractivity contribution < 1.29 is 13.2 Å². The third-order valence-corrected chi connectivity index (χ3v) is 8.08. The highest BCUT2D eigenvalue weighted by Gasteiger charge is 2.23. The lowest BCUT2D eigenvalue weighted by atomic mass is 10.1. The van der Waals surface area contributed by atoms with Crippen LogP contribution in [-0.2, 0) is 14.6 Å². The number of hydrogen-bond acceptors (Lipinski definition) is 6. The fraction of sp³-hybridized carbons (Fsp3) is 0.364. The predicted octanol–water partition coefficient (Wildman–Crippen LogP) is 4.75. The Hall–Kier alpha value is -1.71. The molecule has 1 heterocycles. The van der Waals surface area contributed by atoms with Crippen molar-refractivity contribution in [2.75, 3.05) is 37.8 Å². The van der Waals surface area contributed by atoms with Gasteiger partial charge in [-0.05, 0) is 69.4 Å². The van der Waals surface area contributed by atoms with E-state index in [1.165, 1.54) is 35.6 Å². The van der Waals surface area contributed by atoms with Gasteiger partial charge in [-0.3, -0.25) is 9.69 Å². The van der Waals surface area contributed by atoms with Crippen LogP contribution >= 0.6 is 35.3 Å². The number of aromatic nitrogens is 1. The number of hydrogen-bond donors (Lipinski definition) is 0. The Labute approximate surface area is 204 Å². The van der Waals surface area contributed by atoms with E-state index in [2.05, 4.69) is 11.1 Å². The minimum atomic E-state index is -3.59. The van der Waals surface area contributed by atoms with E-state index in [4.69, 9.17) is 11.6 Å². The van der Waals surface area contributed by atoms with E-state index in [-0.39, 0.29) is 35.4 Å². The third kappa shape index (κ3) is 6.42. The normalized spacial score (nSPS) is 11.6. The van der Waals surface area contributed by atoms with Gasteiger partial charge in [0.15, 0.2) is 15.0 Å². The van der Waals surface area contributed by atoms with Crippen LogP contribution in [0.25, 0.3) is 10.2 Å². The van der Waals surface area contributed by atoms with E-state index >= 15 is 0 Å². The van der Waals surface area contributed by atoms with Crippen LogP contribution in [0.5, 0.6) is 0 Å². The first kappa shape index (κ1) is 26.5. The summed E-state index contributed by atoms with van der Waals surface area (Å²) < 4.78 is 26.4. The Balaban J connectivity index is 0.00000363. The van der Waals surface area contributed by atoms with Crippen LogP contribution in [0.4, 0.5) is 5.13 Å². The van der Waals surface area contributed by atoms with Gasteiger partial charge < -0.3 is 4.90 Å². The zero-order valence-corrected chi connectivity index (χ0v) is 21.7. The van der Waals surface area contributed by atoms with Gasteiger partial charge in [0.25, 0.3) is 0 Å². The monoisotopic (exact) mass is 515 g/mol. The molecule has 174 valence electrons. The smallest absolute Gasteiger partial charge is 0.229 e. The maximum atomic E-state index is 13.1. The summed E-state index contributed by atoms with van der Waals surface area (Å²) in [5.41, 5.74) is 3.08. The van der Waals surface area contributed by atoms with Crippen LogP contribution in [0.15, 0.2) is 41.3 Å². The van der Waals surface area contributed by atoms with E-state index in [1.54, 1.807) is 4.90 Å². The molecule has 0 spiro atoms. The first-order chi connectivity index (χ1) is 14.6. The minimum absolute atomic E-state index is 0. The molecular weight excluding hydrogens is 489 g/mol. The molecule has 2 aromatic carbocycles. The highest BCUT2D eigenvalue weighted by Crippen LogP contribution is 2.32. The summed E-state index contributed by atoms with van der Waals surface area (Å²) in [5.74, 6) is -0.526. The standard InChI is InChI=1S/C22H26ClN3O3S2.ClH/c1-15-13-16(2)21-19(14-15)24-22(30-21)26(11-10-25(3)4)20(27)9-12-31(28,29)18-7-5-17(23)6-8-18;/h5-8,13-14H,9-12H2,1-4H3;1H. The summed E-state index contributed by atoms with van der Waals surface area (Å²) in [7, 11) is 0.271. The van der Waals surface area contributed by atoms with Crippen molar-refractivity contribution in [3.8, 4) is 0 Å². The molecular formula is C22H27Cl2N3O3S2. The van der Waals surface area contributed by atoms with Crippen molar-refractivity contribution in [1.82, 2.24) is 9.88 Å². The Morgan fingerprint density at radius 2 is 1.75 bits per heavy atom. The third-order valence-electron chi connectivity index (χ3n) is 4.87. The van der Waals surface area contributed by atoms with Gasteiger partial charge in [-0.1, -0.05) is 29.0 Å². The maximum absolute atomic E-state index is 13.1. The lowest BCUT2D eigenvalue weighted by molar-refractivity contribution is -0.118. The van der Waals surface area contributed by atoms with E-state index in [0.717, 1.165) is 21.3 Å². The average Bonchev–Trinajstić information content (AvgIpc) is 3.10. The maximum Gasteiger partial charge on any atom is 0.229 e. The first-order valence-corrected chi connectivity index (χ1v) is 12.7. The van der Waals surface area contributed by atoms with Gasteiger partial charge >= 0.3 is 0 Å². The summed E-state index contributed by atoms with van der Waals surface area (Å²) >= 11 is 7.31. The summed E-state index contributed by atoms with van der Waals surface area (Å²) in [6, 6.07) is 10.1. The number of sulfone groups is 1. The zero-order chi connectivity index (χ0) is 22.8. The number of rotatable bonds is 8. The number of carbonyl (C=O) groups is 1. The summed E-state index contributed by atoms with van der Waals surface area (Å²) in [6.07, 6.45) is -0.119. The second kappa shape index (κ2) is 10.9. The molecule has 0 aliphatic carbocycles. The molecule has 0 aliphatic rings. The van der Waals surface area contributed by atoms with Crippen LogP contribution in [0.1, 0.15) is 17.5 Å². The number of anilines is 1. The van der Waals surface area contributed by atoms with Gasteiger partial charge in [-0.15, -0.1) is 12.4 Å². The zero-order valence-electron chi connectivity index (χ0n) is 18.5. The lowest BCUT2D eigenvalue weighted by Crippen LogP contribution is -2.37. The van der Waals surface area contributed by atoms with Gasteiger partial charge in [-0.25, -0.2) is 13.4 Å². The highest BCUT2D eigenvalue weighted by atomic mass is 35.5. The second-order valence-corrected chi connectivity index (χ2v) is 11.3. The number of carbonyl (C=O) groups excluding carboxylic acids is 1. The van der Waals surface area contributed by atoms with Crippen LogP contribution in [0.2, 0.25) is 5.02 Å². The van der Waals surface area contributed by atoms with Crippen LogP contribution in [0.3, 0.4) is 0 Å². The van der Waals surface area contributed by atoms with Gasteiger partial charge in [0, 0.05) is 24.5 Å². The number of thiazole rings is 1. The largest absolute Gasteiger partial charge is 0.308 e. The molecule has 3 rings (SSSR count). The molecule has 1 aromatic heterocycles. The molecule has 0 atom stereocenters. The molecule has 1 amide bonds. The van der Waals surface area contributed by atoms with E-state index < -0.39 is 9.84 Å². The molecule has 0 bridgehead atoms. The quantitative estimate of drug-likeness (QED) is 0.432. The van der Waals surface area contributed by atoms with E-state index in [9.17, 15) is 13.2 Å². The Kier molecular flexibility index (Phi) is 9.07. The summed E-state index contributed by atoms with van der Waals surface area (Å²) in [4.78, 5) is 21.5.